The van der Waals surface area contributed by atoms with Gasteiger partial charge >= 0.3 is 0 Å². The molecule has 1 saturated heterocycles. The molecule has 1 amide bonds. The van der Waals surface area contributed by atoms with Crippen LogP contribution < -0.4 is 11.1 Å². The van der Waals surface area contributed by atoms with E-state index in [9.17, 15) is 13.2 Å². The summed E-state index contributed by atoms with van der Waals surface area (Å²) in [5, 5.41) is 2.83. The molecule has 1 aliphatic heterocycles. The predicted molar refractivity (Wildman–Crippen MR) is 104 cm³/mol. The molecule has 3 rings (SSSR count). The van der Waals surface area contributed by atoms with Crippen molar-refractivity contribution in [3.8, 4) is 0 Å². The van der Waals surface area contributed by atoms with Gasteiger partial charge in [-0.15, -0.1) is 12.4 Å². The van der Waals surface area contributed by atoms with Crippen molar-refractivity contribution in [1.82, 2.24) is 9.62 Å². The Morgan fingerprint density at radius 1 is 1.12 bits per heavy atom. The van der Waals surface area contributed by atoms with Crippen LogP contribution in [0.15, 0.2) is 29.2 Å². The van der Waals surface area contributed by atoms with Crippen LogP contribution in [0.1, 0.15) is 48.9 Å². The van der Waals surface area contributed by atoms with E-state index in [1.165, 1.54) is 12.1 Å². The number of benzene rings is 1. The first-order valence-electron chi connectivity index (χ1n) is 9.12. The van der Waals surface area contributed by atoms with Gasteiger partial charge < -0.3 is 11.1 Å². The summed E-state index contributed by atoms with van der Waals surface area (Å²) in [5.41, 5.74) is 6.44. The molecule has 2 aliphatic rings. The molecule has 0 spiro atoms. The molecule has 1 aliphatic carbocycles. The number of carbonyl (C=O) groups is 1. The lowest BCUT2D eigenvalue weighted by Gasteiger charge is -2.20. The fraction of sp³-hybridized carbons (Fsp3) is 0.611. The third-order valence-corrected chi connectivity index (χ3v) is 6.96. The van der Waals surface area contributed by atoms with Crippen LogP contribution in [0.4, 0.5) is 0 Å². The molecule has 1 saturated carbocycles. The minimum absolute atomic E-state index is 0. The van der Waals surface area contributed by atoms with Gasteiger partial charge in [-0.25, -0.2) is 8.42 Å². The molecule has 1 aromatic rings. The standard InChI is InChI=1S/C18H27N3O3S.ClH/c19-17(14-5-6-14)13-20-18(22)15-7-9-16(10-8-15)25(23,24)21-11-3-1-2-4-12-21;/h7-10,14,17H,1-6,11-13,19H2,(H,20,22);1H. The minimum Gasteiger partial charge on any atom is -0.350 e. The van der Waals surface area contributed by atoms with Crippen molar-refractivity contribution in [2.75, 3.05) is 19.6 Å². The highest BCUT2D eigenvalue weighted by molar-refractivity contribution is 7.89. The van der Waals surface area contributed by atoms with Gasteiger partial charge in [0.15, 0.2) is 0 Å². The summed E-state index contributed by atoms with van der Waals surface area (Å²) in [7, 11) is -3.47. The van der Waals surface area contributed by atoms with Crippen molar-refractivity contribution in [3.05, 3.63) is 29.8 Å². The number of nitrogens with zero attached hydrogens (tertiary/aromatic N) is 1. The van der Waals surface area contributed by atoms with Gasteiger partial charge in [0, 0.05) is 31.2 Å². The van der Waals surface area contributed by atoms with Crippen molar-refractivity contribution in [3.63, 3.8) is 0 Å². The zero-order valence-corrected chi connectivity index (χ0v) is 16.5. The molecule has 1 unspecified atom stereocenters. The topological polar surface area (TPSA) is 92.5 Å². The molecule has 0 aromatic heterocycles. The Balaban J connectivity index is 0.00000243. The molecule has 26 heavy (non-hydrogen) atoms. The van der Waals surface area contributed by atoms with Gasteiger partial charge in [0.25, 0.3) is 5.91 Å². The Morgan fingerprint density at radius 2 is 1.69 bits per heavy atom. The second-order valence-corrected chi connectivity index (χ2v) is 8.99. The second-order valence-electron chi connectivity index (χ2n) is 7.05. The summed E-state index contributed by atoms with van der Waals surface area (Å²) in [4.78, 5) is 12.4. The number of hydrogen-bond donors (Lipinski definition) is 2. The average Bonchev–Trinajstić information content (AvgIpc) is 3.46. The molecule has 3 N–H and O–H groups in total. The highest BCUT2D eigenvalue weighted by Crippen LogP contribution is 2.31. The summed E-state index contributed by atoms with van der Waals surface area (Å²) < 4.78 is 27.0. The van der Waals surface area contributed by atoms with Crippen LogP contribution in [0.3, 0.4) is 0 Å². The maximum Gasteiger partial charge on any atom is 0.251 e. The first-order chi connectivity index (χ1) is 12.0. The first-order valence-corrected chi connectivity index (χ1v) is 10.6. The highest BCUT2D eigenvalue weighted by Gasteiger charge is 2.29. The lowest BCUT2D eigenvalue weighted by Crippen LogP contribution is -2.38. The zero-order chi connectivity index (χ0) is 17.9. The third kappa shape index (κ3) is 5.19. The zero-order valence-electron chi connectivity index (χ0n) is 14.9. The number of nitrogens with two attached hydrogens (primary N) is 1. The van der Waals surface area contributed by atoms with E-state index in [1.54, 1.807) is 16.4 Å². The number of hydrogen-bond acceptors (Lipinski definition) is 4. The van der Waals surface area contributed by atoms with Crippen LogP contribution in [0.25, 0.3) is 0 Å². The second kappa shape index (κ2) is 9.17. The first kappa shape index (κ1) is 21.2. The number of carbonyl (C=O) groups excluding carboxylic acids is 1. The van der Waals surface area contributed by atoms with Gasteiger partial charge in [-0.05, 0) is 55.9 Å². The largest absolute Gasteiger partial charge is 0.350 e. The number of amides is 1. The summed E-state index contributed by atoms with van der Waals surface area (Å²) in [6.45, 7) is 1.60. The molecule has 146 valence electrons. The third-order valence-electron chi connectivity index (χ3n) is 5.05. The van der Waals surface area contributed by atoms with Crippen molar-refractivity contribution in [2.45, 2.75) is 49.5 Å². The van der Waals surface area contributed by atoms with E-state index < -0.39 is 10.0 Å². The predicted octanol–water partition coefficient (Wildman–Crippen LogP) is 2.14. The Hall–Kier alpha value is -1.15. The van der Waals surface area contributed by atoms with E-state index in [0.29, 0.717) is 31.1 Å². The molecular formula is C18H28ClN3O3S. The molecule has 6 nitrogen and oxygen atoms in total. The van der Waals surface area contributed by atoms with Crippen molar-refractivity contribution < 1.29 is 13.2 Å². The van der Waals surface area contributed by atoms with Crippen molar-refractivity contribution in [1.29, 1.82) is 0 Å². The molecule has 1 atom stereocenters. The van der Waals surface area contributed by atoms with Crippen LogP contribution in [-0.2, 0) is 10.0 Å². The molecule has 0 bridgehead atoms. The van der Waals surface area contributed by atoms with Gasteiger partial charge in [0.2, 0.25) is 10.0 Å². The van der Waals surface area contributed by atoms with Gasteiger partial charge in [0.05, 0.1) is 4.90 Å². The number of sulfonamides is 1. The fourth-order valence-corrected chi connectivity index (χ4v) is 4.73. The van der Waals surface area contributed by atoms with E-state index in [-0.39, 0.29) is 29.3 Å². The van der Waals surface area contributed by atoms with Crippen molar-refractivity contribution >= 4 is 28.3 Å². The quantitative estimate of drug-likeness (QED) is 0.763. The maximum atomic E-state index is 12.7. The molecule has 1 aromatic carbocycles. The van der Waals surface area contributed by atoms with E-state index in [4.69, 9.17) is 5.73 Å². The molecule has 1 heterocycles. The number of rotatable bonds is 6. The van der Waals surface area contributed by atoms with E-state index in [1.807, 2.05) is 0 Å². The van der Waals surface area contributed by atoms with E-state index >= 15 is 0 Å². The average molecular weight is 402 g/mol. The van der Waals surface area contributed by atoms with Crippen LogP contribution >= 0.6 is 12.4 Å². The summed E-state index contributed by atoms with van der Waals surface area (Å²) in [5.74, 6) is 0.316. The normalized spacial score (nSPS) is 19.9. The monoisotopic (exact) mass is 401 g/mol. The lowest BCUT2D eigenvalue weighted by molar-refractivity contribution is 0.0950. The Kier molecular flexibility index (Phi) is 7.46. The Bertz CT molecular complexity index is 697. The Labute approximate surface area is 162 Å². The summed E-state index contributed by atoms with van der Waals surface area (Å²) in [6, 6.07) is 6.20. The van der Waals surface area contributed by atoms with E-state index in [0.717, 1.165) is 38.5 Å². The summed E-state index contributed by atoms with van der Waals surface area (Å²) >= 11 is 0. The van der Waals surface area contributed by atoms with Gasteiger partial charge in [-0.2, -0.15) is 4.31 Å². The van der Waals surface area contributed by atoms with Crippen LogP contribution in [-0.4, -0.2) is 44.3 Å². The Morgan fingerprint density at radius 3 is 2.23 bits per heavy atom. The minimum atomic E-state index is -3.47. The van der Waals surface area contributed by atoms with Crippen LogP contribution in [0, 0.1) is 5.92 Å². The van der Waals surface area contributed by atoms with Gasteiger partial charge in [-0.3, -0.25) is 4.79 Å². The van der Waals surface area contributed by atoms with Crippen LogP contribution in [0.2, 0.25) is 0 Å². The molecule has 8 heteroatoms. The fourth-order valence-electron chi connectivity index (χ4n) is 3.21. The SMILES string of the molecule is Cl.NC(CNC(=O)c1ccc(S(=O)(=O)N2CCCCCC2)cc1)C1CC1. The smallest absolute Gasteiger partial charge is 0.251 e. The maximum absolute atomic E-state index is 12.7. The number of nitrogens with one attached hydrogen (secondary N) is 1. The highest BCUT2D eigenvalue weighted by atomic mass is 35.5. The lowest BCUT2D eigenvalue weighted by atomic mass is 10.2. The number of halogens is 1. The summed E-state index contributed by atoms with van der Waals surface area (Å²) in [6.07, 6.45) is 6.24. The van der Waals surface area contributed by atoms with Crippen LogP contribution in [0.5, 0.6) is 0 Å². The van der Waals surface area contributed by atoms with Gasteiger partial charge in [-0.1, -0.05) is 12.8 Å². The molecule has 0 radical (unpaired) electrons. The van der Waals surface area contributed by atoms with Crippen molar-refractivity contribution in [2.24, 2.45) is 11.7 Å². The van der Waals surface area contributed by atoms with E-state index in [2.05, 4.69) is 5.32 Å². The molecule has 2 fully saturated rings. The molecular weight excluding hydrogens is 374 g/mol. The van der Waals surface area contributed by atoms with Gasteiger partial charge in [0.1, 0.15) is 0 Å².